The molecule has 1 aromatic heterocycles. The molecule has 4 rings (SSSR count). The summed E-state index contributed by atoms with van der Waals surface area (Å²) in [5, 5.41) is 14.9. The zero-order valence-corrected chi connectivity index (χ0v) is 12.2. The number of nitrogens with one attached hydrogen (secondary N) is 2. The van der Waals surface area contributed by atoms with Gasteiger partial charge in [-0.05, 0) is 41.5 Å². The molecular formula is C18H14N2O3. The van der Waals surface area contributed by atoms with Crippen molar-refractivity contribution < 1.29 is 9.90 Å². The Morgan fingerprint density at radius 1 is 1.35 bits per heavy atom. The van der Waals surface area contributed by atoms with Gasteiger partial charge in [0.2, 0.25) is 5.91 Å². The number of anilines is 1. The second-order valence-corrected chi connectivity index (χ2v) is 5.59. The average molecular weight is 306 g/mol. The standard InChI is InChI=1S/C18H14N2O3/c21-9-16(22)19-11-5-6-12-10(7-11)8-15-13-3-1-2-4-14(13)18(23)20-17(12)15/h1-2,4-8,21H,3,9H2,(H,19,22)(H,20,23). The molecule has 2 aromatic rings. The molecule has 0 unspecified atom stereocenters. The van der Waals surface area contributed by atoms with Gasteiger partial charge in [-0.2, -0.15) is 0 Å². The molecule has 23 heavy (non-hydrogen) atoms. The minimum atomic E-state index is -0.552. The second kappa shape index (κ2) is 5.07. The summed E-state index contributed by atoms with van der Waals surface area (Å²) in [6, 6.07) is 5.48. The first-order chi connectivity index (χ1) is 11.2. The fourth-order valence-electron chi connectivity index (χ4n) is 3.14. The highest BCUT2D eigenvalue weighted by Gasteiger charge is 2.13. The summed E-state index contributed by atoms with van der Waals surface area (Å²) in [5.74, 6) is -0.453. The van der Waals surface area contributed by atoms with Crippen LogP contribution in [0.1, 0.15) is 11.1 Å². The van der Waals surface area contributed by atoms with E-state index < -0.39 is 12.5 Å². The summed E-state index contributed by atoms with van der Waals surface area (Å²) >= 11 is 0. The van der Waals surface area contributed by atoms with Crippen molar-refractivity contribution in [3.05, 3.63) is 72.8 Å². The predicted molar refractivity (Wildman–Crippen MR) is 87.0 cm³/mol. The molecule has 0 bridgehead atoms. The van der Waals surface area contributed by atoms with E-state index in [1.807, 2.05) is 36.4 Å². The third kappa shape index (κ3) is 2.13. The third-order valence-electron chi connectivity index (χ3n) is 4.17. The summed E-state index contributed by atoms with van der Waals surface area (Å²) < 4.78 is 0. The zero-order chi connectivity index (χ0) is 16.0. The molecule has 1 heterocycles. The number of pyridine rings is 1. The number of hydrogen-bond donors (Lipinski definition) is 3. The van der Waals surface area contributed by atoms with Gasteiger partial charge in [0.1, 0.15) is 6.61 Å². The first-order valence-electron chi connectivity index (χ1n) is 7.36. The van der Waals surface area contributed by atoms with Gasteiger partial charge in [0.15, 0.2) is 0 Å². The lowest BCUT2D eigenvalue weighted by molar-refractivity contribution is -0.118. The van der Waals surface area contributed by atoms with E-state index in [1.165, 1.54) is 0 Å². The van der Waals surface area contributed by atoms with Crippen molar-refractivity contribution in [2.75, 3.05) is 11.9 Å². The molecule has 0 atom stereocenters. The van der Waals surface area contributed by atoms with E-state index in [4.69, 9.17) is 5.11 Å². The summed E-state index contributed by atoms with van der Waals surface area (Å²) in [5.41, 5.74) is 2.60. The summed E-state index contributed by atoms with van der Waals surface area (Å²) in [6.07, 6.45) is 8.53. The lowest BCUT2D eigenvalue weighted by atomic mass is 10.0. The Bertz CT molecular complexity index is 1140. The Morgan fingerprint density at radius 2 is 2.22 bits per heavy atom. The van der Waals surface area contributed by atoms with E-state index in [0.29, 0.717) is 10.9 Å². The molecule has 0 spiro atoms. The number of H-pyrrole nitrogens is 1. The summed E-state index contributed by atoms with van der Waals surface area (Å²) in [4.78, 5) is 26.5. The van der Waals surface area contributed by atoms with Crippen molar-refractivity contribution in [2.24, 2.45) is 0 Å². The molecule has 0 saturated heterocycles. The fraction of sp³-hybridized carbons (Fsp3) is 0.111. The normalized spacial score (nSPS) is 13.4. The number of benzene rings is 1. The van der Waals surface area contributed by atoms with Gasteiger partial charge in [-0.1, -0.05) is 18.2 Å². The van der Waals surface area contributed by atoms with Crippen LogP contribution in [0.15, 0.2) is 35.1 Å². The molecule has 1 amide bonds. The number of aliphatic hydroxyl groups is 1. The number of aromatic nitrogens is 1. The van der Waals surface area contributed by atoms with E-state index in [9.17, 15) is 9.59 Å². The van der Waals surface area contributed by atoms with E-state index >= 15 is 0 Å². The van der Waals surface area contributed by atoms with Crippen LogP contribution in [0, 0.1) is 10.6 Å². The SMILES string of the molecule is O=C(CO)Nc1ccc2c(c1)=Cc1c3c(c(=O)[nH]c1=2)=CC=CC3. The van der Waals surface area contributed by atoms with E-state index in [2.05, 4.69) is 10.3 Å². The smallest absolute Gasteiger partial charge is 0.256 e. The quantitative estimate of drug-likeness (QED) is 0.604. The number of rotatable bonds is 2. The van der Waals surface area contributed by atoms with Gasteiger partial charge in [0.25, 0.3) is 5.56 Å². The zero-order valence-electron chi connectivity index (χ0n) is 12.2. The second-order valence-electron chi connectivity index (χ2n) is 5.59. The Morgan fingerprint density at radius 3 is 3.04 bits per heavy atom. The van der Waals surface area contributed by atoms with Crippen LogP contribution in [0.5, 0.6) is 0 Å². The number of aliphatic hydroxyl groups excluding tert-OH is 1. The molecule has 5 nitrogen and oxygen atoms in total. The summed E-state index contributed by atoms with van der Waals surface area (Å²) in [7, 11) is 0. The van der Waals surface area contributed by atoms with E-state index in [0.717, 1.165) is 33.3 Å². The molecule has 2 aliphatic carbocycles. The Labute approximate surface area is 130 Å². The first kappa shape index (κ1) is 13.7. The molecule has 0 radical (unpaired) electrons. The van der Waals surface area contributed by atoms with Gasteiger partial charge in [0.05, 0.1) is 5.35 Å². The molecule has 3 N–H and O–H groups in total. The van der Waals surface area contributed by atoms with Crippen LogP contribution in [0.25, 0.3) is 12.2 Å². The molecule has 0 fully saturated rings. The molecule has 5 heteroatoms. The van der Waals surface area contributed by atoms with Gasteiger partial charge in [-0.15, -0.1) is 0 Å². The number of carbonyl (C=O) groups is 1. The van der Waals surface area contributed by atoms with Crippen molar-refractivity contribution in [3.63, 3.8) is 0 Å². The predicted octanol–water partition coefficient (Wildman–Crippen LogP) is -0.372. The van der Waals surface area contributed by atoms with Crippen molar-refractivity contribution in [2.45, 2.75) is 6.42 Å². The van der Waals surface area contributed by atoms with Crippen LogP contribution in [0.3, 0.4) is 0 Å². The van der Waals surface area contributed by atoms with E-state index in [1.54, 1.807) is 6.07 Å². The first-order valence-corrected chi connectivity index (χ1v) is 7.36. The number of amides is 1. The highest BCUT2D eigenvalue weighted by atomic mass is 16.3. The maximum absolute atomic E-state index is 12.3. The summed E-state index contributed by atoms with van der Waals surface area (Å²) in [6.45, 7) is -0.552. The highest BCUT2D eigenvalue weighted by molar-refractivity contribution is 5.91. The van der Waals surface area contributed by atoms with Gasteiger partial charge >= 0.3 is 0 Å². The van der Waals surface area contributed by atoms with Gasteiger partial charge in [-0.25, -0.2) is 0 Å². The molecule has 114 valence electrons. The Balaban J connectivity index is 1.98. The lowest BCUT2D eigenvalue weighted by Crippen LogP contribution is -2.33. The minimum Gasteiger partial charge on any atom is -0.387 e. The van der Waals surface area contributed by atoms with E-state index in [-0.39, 0.29) is 5.56 Å². The third-order valence-corrected chi connectivity index (χ3v) is 4.17. The molecule has 1 aromatic carbocycles. The van der Waals surface area contributed by atoms with Gasteiger partial charge in [-0.3, -0.25) is 9.59 Å². The monoisotopic (exact) mass is 306 g/mol. The maximum atomic E-state index is 12.3. The van der Waals surface area contributed by atoms with Crippen LogP contribution in [-0.4, -0.2) is 22.6 Å². The van der Waals surface area contributed by atoms with Crippen molar-refractivity contribution in [3.8, 4) is 0 Å². The number of allylic oxidation sites excluding steroid dienone is 2. The topological polar surface area (TPSA) is 82.2 Å². The number of aromatic amines is 1. The van der Waals surface area contributed by atoms with Crippen molar-refractivity contribution in [1.82, 2.24) is 4.98 Å². The average Bonchev–Trinajstić information content (AvgIpc) is 2.93. The fourth-order valence-corrected chi connectivity index (χ4v) is 3.14. The molecule has 0 aliphatic heterocycles. The van der Waals surface area contributed by atoms with Crippen LogP contribution < -0.4 is 21.3 Å². The number of fused-ring (bicyclic) bond motifs is 4. The Kier molecular flexibility index (Phi) is 3.02. The largest absolute Gasteiger partial charge is 0.387 e. The minimum absolute atomic E-state index is 0.0815. The lowest BCUT2D eigenvalue weighted by Gasteiger charge is -2.06. The maximum Gasteiger partial charge on any atom is 0.256 e. The van der Waals surface area contributed by atoms with Crippen molar-refractivity contribution in [1.29, 1.82) is 0 Å². The highest BCUT2D eigenvalue weighted by Crippen LogP contribution is 2.14. The van der Waals surface area contributed by atoms with Crippen LogP contribution in [0.2, 0.25) is 0 Å². The van der Waals surface area contributed by atoms with Crippen LogP contribution >= 0.6 is 0 Å². The molecular weight excluding hydrogens is 292 g/mol. The number of carbonyl (C=O) groups excluding carboxylic acids is 1. The van der Waals surface area contributed by atoms with Crippen LogP contribution in [-0.2, 0) is 11.2 Å². The van der Waals surface area contributed by atoms with Gasteiger partial charge in [0, 0.05) is 21.7 Å². The van der Waals surface area contributed by atoms with Crippen molar-refractivity contribution >= 4 is 23.7 Å². The molecule has 2 aliphatic rings. The molecule has 0 saturated carbocycles. The number of hydrogen-bond acceptors (Lipinski definition) is 3. The Hall–Kier alpha value is -2.92. The van der Waals surface area contributed by atoms with Crippen LogP contribution in [0.4, 0.5) is 5.69 Å². The van der Waals surface area contributed by atoms with Gasteiger partial charge < -0.3 is 15.4 Å².